The Hall–Kier alpha value is -3.54. The van der Waals surface area contributed by atoms with Crippen molar-refractivity contribution in [3.63, 3.8) is 0 Å². The number of nitrogens with one attached hydrogen (secondary N) is 3. The zero-order valence-corrected chi connectivity index (χ0v) is 22.9. The average molecular weight is 559 g/mol. The third kappa shape index (κ3) is 6.60. The first kappa shape index (κ1) is 29.4. The molecule has 1 atom stereocenters. The van der Waals surface area contributed by atoms with Crippen LogP contribution >= 0.6 is 0 Å². The van der Waals surface area contributed by atoms with Crippen LogP contribution in [-0.4, -0.2) is 73.9 Å². The topological polar surface area (TPSA) is 163 Å². The number of guanidine groups is 1. The molecule has 4 rings (SSSR count). The average Bonchev–Trinajstić information content (AvgIpc) is 2.93. The Morgan fingerprint density at radius 1 is 1.20 bits per heavy atom. The highest BCUT2D eigenvalue weighted by atomic mass is 19.1. The van der Waals surface area contributed by atoms with E-state index in [0.29, 0.717) is 31.1 Å². The van der Waals surface area contributed by atoms with Gasteiger partial charge in [-0.05, 0) is 64.5 Å². The van der Waals surface area contributed by atoms with Gasteiger partial charge in [0.2, 0.25) is 5.90 Å². The summed E-state index contributed by atoms with van der Waals surface area (Å²) in [6, 6.07) is 5.22. The van der Waals surface area contributed by atoms with Gasteiger partial charge in [0.25, 0.3) is 0 Å². The zero-order chi connectivity index (χ0) is 28.7. The number of nitrogens with two attached hydrogens (primary N) is 1. The first-order chi connectivity index (χ1) is 19.3. The van der Waals surface area contributed by atoms with Crippen LogP contribution in [0.25, 0.3) is 0 Å². The molecule has 0 bridgehead atoms. The van der Waals surface area contributed by atoms with Crippen molar-refractivity contribution in [2.75, 3.05) is 32.8 Å². The number of hydrogen-bond acceptors (Lipinski definition) is 9. The SMILES string of the molecule is CCOC(=O)C1CCC(N2CCC(COC3=NCC3(C=N)c3cccc(COC(=O)NC(=N)N)c3F)CC2)CC1. The number of benzene rings is 1. The number of amides is 1. The Morgan fingerprint density at radius 2 is 1.93 bits per heavy atom. The van der Waals surface area contributed by atoms with Gasteiger partial charge in [-0.1, -0.05) is 18.2 Å². The number of nitrogens with zero attached hydrogens (tertiary/aromatic N) is 2. The van der Waals surface area contributed by atoms with Crippen molar-refractivity contribution >= 4 is 30.1 Å². The fraction of sp³-hybridized carbons (Fsp3) is 0.607. The van der Waals surface area contributed by atoms with E-state index >= 15 is 4.39 Å². The van der Waals surface area contributed by atoms with Crippen LogP contribution in [0.15, 0.2) is 23.2 Å². The summed E-state index contributed by atoms with van der Waals surface area (Å²) in [4.78, 5) is 30.5. The third-order valence-corrected chi connectivity index (χ3v) is 8.19. The van der Waals surface area contributed by atoms with Gasteiger partial charge in [0.1, 0.15) is 17.8 Å². The van der Waals surface area contributed by atoms with Crippen LogP contribution in [0.4, 0.5) is 9.18 Å². The van der Waals surface area contributed by atoms with Gasteiger partial charge in [-0.2, -0.15) is 0 Å². The number of piperidine rings is 1. The lowest BCUT2D eigenvalue weighted by Gasteiger charge is -2.41. The van der Waals surface area contributed by atoms with Crippen molar-refractivity contribution in [1.29, 1.82) is 10.8 Å². The van der Waals surface area contributed by atoms with E-state index in [0.717, 1.165) is 57.8 Å². The van der Waals surface area contributed by atoms with Crippen molar-refractivity contribution in [3.8, 4) is 0 Å². The van der Waals surface area contributed by atoms with Crippen molar-refractivity contribution in [2.45, 2.75) is 63.5 Å². The predicted octanol–water partition coefficient (Wildman–Crippen LogP) is 3.10. The minimum absolute atomic E-state index is 0.0313. The number of carbonyl (C=O) groups is 2. The van der Waals surface area contributed by atoms with Gasteiger partial charge >= 0.3 is 12.1 Å². The van der Waals surface area contributed by atoms with Gasteiger partial charge in [0, 0.05) is 23.4 Å². The molecule has 0 spiro atoms. The summed E-state index contributed by atoms with van der Waals surface area (Å²) in [7, 11) is 0. The third-order valence-electron chi connectivity index (χ3n) is 8.19. The molecule has 2 fully saturated rings. The Morgan fingerprint density at radius 3 is 2.52 bits per heavy atom. The highest BCUT2D eigenvalue weighted by Crippen LogP contribution is 2.36. The molecule has 11 nitrogen and oxygen atoms in total. The Balaban J connectivity index is 1.27. The first-order valence-corrected chi connectivity index (χ1v) is 13.9. The summed E-state index contributed by atoms with van der Waals surface area (Å²) in [6.45, 7) is 4.51. The maximum atomic E-state index is 15.5. The Labute approximate surface area is 233 Å². The van der Waals surface area contributed by atoms with Crippen LogP contribution in [0.5, 0.6) is 0 Å². The Kier molecular flexibility index (Phi) is 9.72. The predicted molar refractivity (Wildman–Crippen MR) is 147 cm³/mol. The van der Waals surface area contributed by atoms with Crippen LogP contribution in [0.1, 0.15) is 56.6 Å². The van der Waals surface area contributed by atoms with Crippen molar-refractivity contribution < 1.29 is 28.2 Å². The lowest BCUT2D eigenvalue weighted by atomic mass is 9.76. The molecular formula is C28H39FN6O5. The van der Waals surface area contributed by atoms with Gasteiger partial charge in [-0.25, -0.2) is 9.18 Å². The van der Waals surface area contributed by atoms with Gasteiger partial charge < -0.3 is 30.3 Å². The number of aliphatic imine (C=N–C) groups is 1. The second kappa shape index (κ2) is 13.2. The molecule has 1 aromatic carbocycles. The molecule has 218 valence electrons. The first-order valence-electron chi connectivity index (χ1n) is 13.9. The molecule has 0 aromatic heterocycles. The lowest BCUT2D eigenvalue weighted by Crippen LogP contribution is -2.51. The second-order valence-electron chi connectivity index (χ2n) is 10.7. The van der Waals surface area contributed by atoms with Gasteiger partial charge in [0.05, 0.1) is 25.7 Å². The molecule has 2 heterocycles. The fourth-order valence-corrected chi connectivity index (χ4v) is 5.82. The molecule has 3 aliphatic rings. The summed E-state index contributed by atoms with van der Waals surface area (Å²) < 4.78 is 31.7. The van der Waals surface area contributed by atoms with Crippen LogP contribution in [0, 0.1) is 28.5 Å². The van der Waals surface area contributed by atoms with E-state index in [1.54, 1.807) is 12.1 Å². The largest absolute Gasteiger partial charge is 0.480 e. The van der Waals surface area contributed by atoms with Crippen LogP contribution < -0.4 is 11.1 Å². The number of rotatable bonds is 9. The van der Waals surface area contributed by atoms with Crippen molar-refractivity contribution in [3.05, 3.63) is 35.1 Å². The number of likely N-dealkylation sites (tertiary alicyclic amines) is 1. The molecule has 1 amide bonds. The maximum absolute atomic E-state index is 15.5. The number of alkyl carbamates (subject to hydrolysis) is 1. The van der Waals surface area contributed by atoms with Crippen LogP contribution in [0.2, 0.25) is 0 Å². The molecule has 1 aromatic rings. The normalized spacial score (nSPS) is 25.2. The van der Waals surface area contributed by atoms with E-state index in [9.17, 15) is 9.59 Å². The van der Waals surface area contributed by atoms with E-state index < -0.39 is 23.3 Å². The second-order valence-corrected chi connectivity index (χ2v) is 10.7. The maximum Gasteiger partial charge on any atom is 0.414 e. The standard InChI is InChI=1S/C28H39FN6O5/c1-2-38-24(36)19-6-8-21(9-7-19)35-12-10-18(11-13-35)14-39-25-28(16-30,17-33-25)22-5-3-4-20(23(22)29)15-40-27(37)34-26(31)32/h3-5,16,18-19,21,30H,2,6-15,17H2,1H3,(H4,31,32,34,37). The minimum Gasteiger partial charge on any atom is -0.480 e. The molecule has 5 N–H and O–H groups in total. The van der Waals surface area contributed by atoms with E-state index in [2.05, 4.69) is 9.89 Å². The summed E-state index contributed by atoms with van der Waals surface area (Å²) in [5, 5.41) is 17.1. The highest BCUT2D eigenvalue weighted by molar-refractivity contribution is 6.08. The number of esters is 1. The highest BCUT2D eigenvalue weighted by Gasteiger charge is 2.47. The van der Waals surface area contributed by atoms with E-state index in [1.807, 2.05) is 12.2 Å². The summed E-state index contributed by atoms with van der Waals surface area (Å²) in [5.74, 6) is -0.531. The van der Waals surface area contributed by atoms with E-state index in [-0.39, 0.29) is 36.2 Å². The molecule has 40 heavy (non-hydrogen) atoms. The monoisotopic (exact) mass is 558 g/mol. The van der Waals surface area contributed by atoms with Gasteiger partial charge in [-0.15, -0.1) is 0 Å². The molecule has 2 aliphatic heterocycles. The minimum atomic E-state index is -1.10. The van der Waals surface area contributed by atoms with Crippen molar-refractivity contribution in [2.24, 2.45) is 22.6 Å². The van der Waals surface area contributed by atoms with Crippen molar-refractivity contribution in [1.82, 2.24) is 10.2 Å². The Bertz CT molecular complexity index is 1130. The molecule has 12 heteroatoms. The number of hydrogen-bond donors (Lipinski definition) is 4. The van der Waals surface area contributed by atoms with Crippen LogP contribution in [0.3, 0.4) is 0 Å². The van der Waals surface area contributed by atoms with Gasteiger partial charge in [0.15, 0.2) is 5.96 Å². The molecule has 1 saturated carbocycles. The fourth-order valence-electron chi connectivity index (χ4n) is 5.82. The van der Waals surface area contributed by atoms with Gasteiger partial charge in [-0.3, -0.25) is 20.5 Å². The quantitative estimate of drug-likeness (QED) is 0.206. The summed E-state index contributed by atoms with van der Waals surface area (Å²) >= 11 is 0. The molecule has 0 radical (unpaired) electrons. The smallest absolute Gasteiger partial charge is 0.414 e. The molecular weight excluding hydrogens is 519 g/mol. The van der Waals surface area contributed by atoms with E-state index in [4.69, 9.17) is 30.8 Å². The number of ether oxygens (including phenoxy) is 3. The van der Waals surface area contributed by atoms with Crippen LogP contribution in [-0.2, 0) is 31.0 Å². The number of carbonyl (C=O) groups excluding carboxylic acids is 2. The van der Waals surface area contributed by atoms with E-state index in [1.165, 1.54) is 6.07 Å². The molecule has 1 aliphatic carbocycles. The lowest BCUT2D eigenvalue weighted by molar-refractivity contribution is -0.149. The summed E-state index contributed by atoms with van der Waals surface area (Å²) in [6.07, 6.45) is 5.96. The molecule has 1 unspecified atom stereocenters. The number of halogens is 1. The molecule has 1 saturated heterocycles. The zero-order valence-electron chi connectivity index (χ0n) is 22.9. The summed E-state index contributed by atoms with van der Waals surface area (Å²) in [5.41, 5.74) is 4.39.